The number of amides is 2. The molecule has 0 radical (unpaired) electrons. The van der Waals surface area contributed by atoms with Gasteiger partial charge < -0.3 is 15.0 Å². The molecule has 178 valence electrons. The van der Waals surface area contributed by atoms with Crippen LogP contribution in [0, 0.1) is 0 Å². The molecule has 2 aromatic carbocycles. The van der Waals surface area contributed by atoms with Gasteiger partial charge in [0.05, 0.1) is 27.7 Å². The third-order valence-corrected chi connectivity index (χ3v) is 7.54. The largest absolute Gasteiger partial charge is 0.385 e. The number of ether oxygens (including phenoxy) is 1. The fourth-order valence-corrected chi connectivity index (χ4v) is 5.46. The van der Waals surface area contributed by atoms with Gasteiger partial charge in [-0.25, -0.2) is 8.42 Å². The van der Waals surface area contributed by atoms with Crippen LogP contribution >= 0.6 is 11.6 Å². The smallest absolute Gasteiger partial charge is 0.264 e. The summed E-state index contributed by atoms with van der Waals surface area (Å²) in [4.78, 5) is 26.3. The highest BCUT2D eigenvalue weighted by molar-refractivity contribution is 7.92. The molecule has 0 unspecified atom stereocenters. The molecule has 0 bridgehead atoms. The van der Waals surface area contributed by atoms with E-state index in [4.69, 9.17) is 16.3 Å². The summed E-state index contributed by atoms with van der Waals surface area (Å²) in [7, 11) is -0.854. The van der Waals surface area contributed by atoms with Crippen molar-refractivity contribution in [2.75, 3.05) is 44.7 Å². The van der Waals surface area contributed by atoms with Crippen molar-refractivity contribution in [2.45, 2.75) is 24.2 Å². The second kappa shape index (κ2) is 11.0. The molecule has 0 atom stereocenters. The van der Waals surface area contributed by atoms with E-state index in [1.807, 2.05) is 12.1 Å². The lowest BCUT2D eigenvalue weighted by molar-refractivity contribution is -0.121. The maximum atomic E-state index is 13.4. The zero-order chi connectivity index (χ0) is 24.0. The Labute approximate surface area is 199 Å². The molecule has 10 heteroatoms. The Morgan fingerprint density at radius 1 is 1.21 bits per heavy atom. The highest BCUT2D eigenvalue weighted by Gasteiger charge is 2.30. The second-order valence-electron chi connectivity index (χ2n) is 7.81. The van der Waals surface area contributed by atoms with E-state index in [2.05, 4.69) is 5.32 Å². The maximum absolute atomic E-state index is 13.4. The minimum Gasteiger partial charge on any atom is -0.385 e. The van der Waals surface area contributed by atoms with Gasteiger partial charge in [-0.15, -0.1) is 0 Å². The van der Waals surface area contributed by atoms with Crippen LogP contribution in [0.25, 0.3) is 0 Å². The third-order valence-electron chi connectivity index (χ3n) is 5.40. The molecule has 1 aliphatic rings. The van der Waals surface area contributed by atoms with Crippen LogP contribution in [0.3, 0.4) is 0 Å². The molecule has 0 saturated carbocycles. The van der Waals surface area contributed by atoms with E-state index in [0.717, 1.165) is 12.0 Å². The number of hydrogen-bond acceptors (Lipinski definition) is 5. The normalized spacial score (nSPS) is 13.4. The number of benzene rings is 2. The predicted octanol–water partition coefficient (Wildman–Crippen LogP) is 2.71. The number of rotatable bonds is 9. The number of carbonyl (C=O) groups is 2. The lowest BCUT2D eigenvalue weighted by atomic mass is 10.0. The Morgan fingerprint density at radius 3 is 2.73 bits per heavy atom. The molecule has 0 saturated heterocycles. The Hall–Kier alpha value is -2.62. The SMILES string of the molecule is COCCCNC(=O)CN(C)C(=O)c1cc(S(=O)(=O)N2CCCc3ccccc32)ccc1Cl. The Balaban J connectivity index is 1.79. The van der Waals surface area contributed by atoms with Crippen molar-refractivity contribution in [1.82, 2.24) is 10.2 Å². The van der Waals surface area contributed by atoms with E-state index >= 15 is 0 Å². The molecule has 0 spiro atoms. The minimum absolute atomic E-state index is 0.0237. The van der Waals surface area contributed by atoms with E-state index in [0.29, 0.717) is 38.2 Å². The maximum Gasteiger partial charge on any atom is 0.264 e. The monoisotopic (exact) mass is 493 g/mol. The summed E-state index contributed by atoms with van der Waals surface area (Å²) in [6, 6.07) is 11.5. The van der Waals surface area contributed by atoms with Crippen LogP contribution in [-0.2, 0) is 26.0 Å². The molecular weight excluding hydrogens is 466 g/mol. The average molecular weight is 494 g/mol. The van der Waals surface area contributed by atoms with Gasteiger partial charge in [0, 0.05) is 33.9 Å². The molecule has 33 heavy (non-hydrogen) atoms. The quantitative estimate of drug-likeness (QED) is 0.542. The zero-order valence-electron chi connectivity index (χ0n) is 18.7. The van der Waals surface area contributed by atoms with Crippen molar-refractivity contribution < 1.29 is 22.7 Å². The Morgan fingerprint density at radius 2 is 1.97 bits per heavy atom. The van der Waals surface area contributed by atoms with E-state index in [-0.39, 0.29) is 27.9 Å². The number of methoxy groups -OCH3 is 1. The summed E-state index contributed by atoms with van der Waals surface area (Å²) in [6.07, 6.45) is 2.17. The highest BCUT2D eigenvalue weighted by atomic mass is 35.5. The summed E-state index contributed by atoms with van der Waals surface area (Å²) in [5, 5.41) is 2.83. The van der Waals surface area contributed by atoms with Crippen LogP contribution in [0.1, 0.15) is 28.8 Å². The van der Waals surface area contributed by atoms with Crippen molar-refractivity contribution in [2.24, 2.45) is 0 Å². The van der Waals surface area contributed by atoms with E-state index in [1.54, 1.807) is 19.2 Å². The predicted molar refractivity (Wildman–Crippen MR) is 127 cm³/mol. The molecule has 0 aliphatic carbocycles. The molecular formula is C23H28ClN3O5S. The molecule has 0 aromatic heterocycles. The van der Waals surface area contributed by atoms with Crippen molar-refractivity contribution >= 4 is 39.1 Å². The minimum atomic E-state index is -3.90. The van der Waals surface area contributed by atoms with Crippen LogP contribution in [-0.4, -0.2) is 65.5 Å². The van der Waals surface area contributed by atoms with Gasteiger partial charge in [-0.1, -0.05) is 29.8 Å². The number of carbonyl (C=O) groups excluding carboxylic acids is 2. The Kier molecular flexibility index (Phi) is 8.34. The van der Waals surface area contributed by atoms with Gasteiger partial charge >= 0.3 is 0 Å². The number of anilines is 1. The first-order valence-electron chi connectivity index (χ1n) is 10.7. The number of halogens is 1. The van der Waals surface area contributed by atoms with Gasteiger partial charge in [-0.3, -0.25) is 13.9 Å². The average Bonchev–Trinajstić information content (AvgIpc) is 2.81. The van der Waals surface area contributed by atoms with E-state index in [1.165, 1.54) is 34.5 Å². The molecule has 3 rings (SSSR count). The molecule has 8 nitrogen and oxygen atoms in total. The van der Waals surface area contributed by atoms with Crippen molar-refractivity contribution in [3.8, 4) is 0 Å². The highest BCUT2D eigenvalue weighted by Crippen LogP contribution is 2.33. The van der Waals surface area contributed by atoms with Crippen molar-refractivity contribution in [3.63, 3.8) is 0 Å². The molecule has 1 heterocycles. The lowest BCUT2D eigenvalue weighted by Gasteiger charge is -2.30. The summed E-state index contributed by atoms with van der Waals surface area (Å²) in [6.45, 7) is 1.13. The number of nitrogens with one attached hydrogen (secondary N) is 1. The van der Waals surface area contributed by atoms with Crippen LogP contribution in [0.2, 0.25) is 5.02 Å². The third kappa shape index (κ3) is 5.85. The summed E-state index contributed by atoms with van der Waals surface area (Å²) < 4.78 is 33.2. The van der Waals surface area contributed by atoms with Crippen LogP contribution in [0.15, 0.2) is 47.4 Å². The number of aryl methyl sites for hydroxylation is 1. The summed E-state index contributed by atoms with van der Waals surface area (Å²) in [5.41, 5.74) is 1.64. The van der Waals surface area contributed by atoms with Crippen molar-refractivity contribution in [3.05, 3.63) is 58.6 Å². The van der Waals surface area contributed by atoms with Gasteiger partial charge in [0.25, 0.3) is 15.9 Å². The fraction of sp³-hybridized carbons (Fsp3) is 0.391. The first-order valence-corrected chi connectivity index (χ1v) is 12.5. The van der Waals surface area contributed by atoms with Crippen LogP contribution in [0.5, 0.6) is 0 Å². The first kappa shape index (κ1) is 25.0. The van der Waals surface area contributed by atoms with Gasteiger partial charge in [-0.2, -0.15) is 0 Å². The summed E-state index contributed by atoms with van der Waals surface area (Å²) in [5.74, 6) is -0.866. The zero-order valence-corrected chi connectivity index (χ0v) is 20.3. The standard InChI is InChI=1S/C23H28ClN3O5S/c1-26(16-22(28)25-12-6-14-32-2)23(29)19-15-18(10-11-20(19)24)33(30,31)27-13-5-8-17-7-3-4-9-21(17)27/h3-4,7,9-11,15H,5-6,8,12-14,16H2,1-2H3,(H,25,28). The second-order valence-corrected chi connectivity index (χ2v) is 10.1. The number of nitrogens with zero attached hydrogens (tertiary/aromatic N) is 2. The van der Waals surface area contributed by atoms with Gasteiger partial charge in [0.2, 0.25) is 5.91 Å². The molecule has 2 amide bonds. The first-order chi connectivity index (χ1) is 15.8. The van der Waals surface area contributed by atoms with Crippen molar-refractivity contribution in [1.29, 1.82) is 0 Å². The van der Waals surface area contributed by atoms with Gasteiger partial charge in [0.15, 0.2) is 0 Å². The van der Waals surface area contributed by atoms with Crippen LogP contribution < -0.4 is 9.62 Å². The van der Waals surface area contributed by atoms with E-state index in [9.17, 15) is 18.0 Å². The number of para-hydroxylation sites is 1. The number of hydrogen-bond donors (Lipinski definition) is 1. The number of fused-ring (bicyclic) bond motifs is 1. The van der Waals surface area contributed by atoms with Gasteiger partial charge in [-0.05, 0) is 49.1 Å². The fourth-order valence-electron chi connectivity index (χ4n) is 3.70. The summed E-state index contributed by atoms with van der Waals surface area (Å²) >= 11 is 6.24. The molecule has 1 N–H and O–H groups in total. The van der Waals surface area contributed by atoms with E-state index < -0.39 is 15.9 Å². The number of sulfonamides is 1. The molecule has 2 aromatic rings. The van der Waals surface area contributed by atoms with Crippen LogP contribution in [0.4, 0.5) is 5.69 Å². The van der Waals surface area contributed by atoms with Gasteiger partial charge in [0.1, 0.15) is 0 Å². The molecule has 1 aliphatic heterocycles. The number of likely N-dealkylation sites (N-methyl/N-ethyl adjacent to an activating group) is 1. The topological polar surface area (TPSA) is 96.0 Å². The Bertz CT molecular complexity index is 1120. The lowest BCUT2D eigenvalue weighted by Crippen LogP contribution is -2.39. The molecule has 0 fully saturated rings.